The van der Waals surface area contributed by atoms with Crippen molar-refractivity contribution in [3.05, 3.63) is 52.0 Å². The molecule has 0 radical (unpaired) electrons. The first-order valence-corrected chi connectivity index (χ1v) is 9.40. The van der Waals surface area contributed by atoms with Crippen LogP contribution in [0.25, 0.3) is 0 Å². The Morgan fingerprint density at radius 2 is 2.12 bits per heavy atom. The topological polar surface area (TPSA) is 62.2 Å². The molecular formula is C19H24N2O2S. The predicted octanol–water partition coefficient (Wildman–Crippen LogP) is 2.88. The molecule has 4 nitrogen and oxygen atoms in total. The van der Waals surface area contributed by atoms with Crippen molar-refractivity contribution in [1.29, 1.82) is 0 Å². The van der Waals surface area contributed by atoms with Crippen LogP contribution in [0.5, 0.6) is 0 Å². The lowest BCUT2D eigenvalue weighted by molar-refractivity contribution is -0.122. The molecule has 0 saturated heterocycles. The number of aliphatic hydroxyl groups is 1. The number of aryl methyl sites for hydroxylation is 2. The van der Waals surface area contributed by atoms with Gasteiger partial charge in [0.1, 0.15) is 0 Å². The first-order chi connectivity index (χ1) is 11.6. The molecule has 1 atom stereocenters. The highest BCUT2D eigenvalue weighted by Gasteiger charge is 2.34. The number of aliphatic hydroxyl groups excluding tert-OH is 1. The summed E-state index contributed by atoms with van der Waals surface area (Å²) in [6, 6.07) is 10.3. The molecule has 1 aromatic heterocycles. The molecule has 1 amide bonds. The molecule has 1 aromatic carbocycles. The fourth-order valence-electron chi connectivity index (χ4n) is 3.23. The second-order valence-corrected chi connectivity index (χ2v) is 7.55. The van der Waals surface area contributed by atoms with Crippen molar-refractivity contribution >= 4 is 17.2 Å². The minimum absolute atomic E-state index is 0.0881. The van der Waals surface area contributed by atoms with Crippen molar-refractivity contribution < 1.29 is 9.90 Å². The van der Waals surface area contributed by atoms with E-state index in [2.05, 4.69) is 22.4 Å². The van der Waals surface area contributed by atoms with E-state index in [1.54, 1.807) is 11.3 Å². The number of thiazole rings is 1. The molecule has 0 unspecified atom stereocenters. The normalized spacial score (nSPS) is 21.1. The van der Waals surface area contributed by atoms with E-state index < -0.39 is 0 Å². The zero-order valence-corrected chi connectivity index (χ0v) is 14.8. The Labute approximate surface area is 146 Å². The van der Waals surface area contributed by atoms with Crippen molar-refractivity contribution in [3.63, 3.8) is 0 Å². The highest BCUT2D eigenvalue weighted by Crippen LogP contribution is 2.31. The largest absolute Gasteiger partial charge is 0.393 e. The number of carbonyl (C=O) groups is 1. The SMILES string of the molecule is Cc1ncsc1CCC(=O)N[C@H](Cc1ccccc1)C1CC(O)C1. The van der Waals surface area contributed by atoms with Crippen LogP contribution < -0.4 is 5.32 Å². The first-order valence-electron chi connectivity index (χ1n) is 8.52. The molecule has 1 aliphatic rings. The van der Waals surface area contributed by atoms with Gasteiger partial charge in [-0.15, -0.1) is 11.3 Å². The van der Waals surface area contributed by atoms with E-state index in [4.69, 9.17) is 0 Å². The van der Waals surface area contributed by atoms with Crippen LogP contribution in [0, 0.1) is 12.8 Å². The van der Waals surface area contributed by atoms with E-state index in [0.29, 0.717) is 12.3 Å². The van der Waals surface area contributed by atoms with Crippen LogP contribution in [0.1, 0.15) is 35.4 Å². The molecule has 128 valence electrons. The molecule has 1 aliphatic carbocycles. The van der Waals surface area contributed by atoms with E-state index in [9.17, 15) is 9.90 Å². The minimum Gasteiger partial charge on any atom is -0.393 e. The van der Waals surface area contributed by atoms with Gasteiger partial charge in [-0.2, -0.15) is 0 Å². The zero-order valence-electron chi connectivity index (χ0n) is 13.9. The van der Waals surface area contributed by atoms with Gasteiger partial charge in [0.25, 0.3) is 0 Å². The fourth-order valence-corrected chi connectivity index (χ4v) is 4.02. The summed E-state index contributed by atoms with van der Waals surface area (Å²) in [6.07, 6.45) is 3.42. The van der Waals surface area contributed by atoms with Crippen LogP contribution >= 0.6 is 11.3 Å². The van der Waals surface area contributed by atoms with Gasteiger partial charge in [0.2, 0.25) is 5.91 Å². The van der Waals surface area contributed by atoms with Gasteiger partial charge in [0.15, 0.2) is 0 Å². The zero-order chi connectivity index (χ0) is 16.9. The lowest BCUT2D eigenvalue weighted by atomic mass is 9.75. The summed E-state index contributed by atoms with van der Waals surface area (Å²) in [7, 11) is 0. The molecule has 1 heterocycles. The average Bonchev–Trinajstić information content (AvgIpc) is 2.95. The quantitative estimate of drug-likeness (QED) is 0.812. The number of nitrogens with one attached hydrogen (secondary N) is 1. The maximum atomic E-state index is 12.4. The molecule has 0 bridgehead atoms. The number of benzene rings is 1. The van der Waals surface area contributed by atoms with Crippen LogP contribution in [0.4, 0.5) is 0 Å². The van der Waals surface area contributed by atoms with Gasteiger partial charge >= 0.3 is 0 Å². The Hall–Kier alpha value is -1.72. The monoisotopic (exact) mass is 344 g/mol. The van der Waals surface area contributed by atoms with Crippen molar-refractivity contribution in [1.82, 2.24) is 10.3 Å². The lowest BCUT2D eigenvalue weighted by Gasteiger charge is -2.38. The summed E-state index contributed by atoms with van der Waals surface area (Å²) in [4.78, 5) is 17.8. The molecule has 1 saturated carbocycles. The molecule has 2 aromatic rings. The predicted molar refractivity (Wildman–Crippen MR) is 96.0 cm³/mol. The Balaban J connectivity index is 1.56. The third-order valence-electron chi connectivity index (χ3n) is 4.79. The van der Waals surface area contributed by atoms with E-state index in [1.807, 2.05) is 30.6 Å². The van der Waals surface area contributed by atoms with Gasteiger partial charge < -0.3 is 10.4 Å². The number of aromatic nitrogens is 1. The van der Waals surface area contributed by atoms with Crippen LogP contribution in [0.2, 0.25) is 0 Å². The summed E-state index contributed by atoms with van der Waals surface area (Å²) in [5.74, 6) is 0.458. The maximum absolute atomic E-state index is 12.4. The smallest absolute Gasteiger partial charge is 0.220 e. The van der Waals surface area contributed by atoms with Crippen molar-refractivity contribution in [3.8, 4) is 0 Å². The number of amides is 1. The molecule has 1 fully saturated rings. The number of carbonyl (C=O) groups excluding carboxylic acids is 1. The highest BCUT2D eigenvalue weighted by atomic mass is 32.1. The van der Waals surface area contributed by atoms with Crippen LogP contribution in [-0.2, 0) is 17.6 Å². The van der Waals surface area contributed by atoms with E-state index in [0.717, 1.165) is 31.4 Å². The molecule has 24 heavy (non-hydrogen) atoms. The molecule has 5 heteroatoms. The Bertz CT molecular complexity index is 665. The number of hydrogen-bond donors (Lipinski definition) is 2. The van der Waals surface area contributed by atoms with Gasteiger partial charge in [-0.05, 0) is 44.1 Å². The van der Waals surface area contributed by atoms with Gasteiger partial charge in [-0.3, -0.25) is 4.79 Å². The average molecular weight is 344 g/mol. The molecule has 0 aliphatic heterocycles. The fraction of sp³-hybridized carbons (Fsp3) is 0.474. The number of nitrogens with zero attached hydrogens (tertiary/aromatic N) is 1. The molecule has 2 N–H and O–H groups in total. The molecule has 0 spiro atoms. The van der Waals surface area contributed by atoms with E-state index in [1.165, 1.54) is 10.4 Å². The first kappa shape index (κ1) is 17.1. The standard InChI is InChI=1S/C19H24N2O2S/c1-13-18(24-12-20-13)7-8-19(23)21-17(15-10-16(22)11-15)9-14-5-3-2-4-6-14/h2-6,12,15-17,22H,7-11H2,1H3,(H,21,23)/t15?,16?,17-/m1/s1. The summed E-state index contributed by atoms with van der Waals surface area (Å²) in [5.41, 5.74) is 4.08. The van der Waals surface area contributed by atoms with E-state index >= 15 is 0 Å². The summed E-state index contributed by atoms with van der Waals surface area (Å²) in [6.45, 7) is 1.98. The van der Waals surface area contributed by atoms with Gasteiger partial charge in [-0.1, -0.05) is 30.3 Å². The van der Waals surface area contributed by atoms with Gasteiger partial charge in [-0.25, -0.2) is 4.98 Å². The molecule has 3 rings (SSSR count). The summed E-state index contributed by atoms with van der Waals surface area (Å²) < 4.78 is 0. The third-order valence-corrected chi connectivity index (χ3v) is 5.78. The Morgan fingerprint density at radius 1 is 1.38 bits per heavy atom. The van der Waals surface area contributed by atoms with Crippen LogP contribution in [0.15, 0.2) is 35.8 Å². The van der Waals surface area contributed by atoms with Crippen molar-refractivity contribution in [2.45, 2.75) is 51.2 Å². The third kappa shape index (κ3) is 4.42. The highest BCUT2D eigenvalue weighted by molar-refractivity contribution is 7.09. The minimum atomic E-state index is -0.204. The van der Waals surface area contributed by atoms with E-state index in [-0.39, 0.29) is 18.1 Å². The van der Waals surface area contributed by atoms with Crippen molar-refractivity contribution in [2.75, 3.05) is 0 Å². The maximum Gasteiger partial charge on any atom is 0.220 e. The van der Waals surface area contributed by atoms with Gasteiger partial charge in [0, 0.05) is 17.3 Å². The van der Waals surface area contributed by atoms with Crippen LogP contribution in [-0.4, -0.2) is 28.1 Å². The lowest BCUT2D eigenvalue weighted by Crippen LogP contribution is -2.48. The second-order valence-electron chi connectivity index (χ2n) is 6.61. The summed E-state index contributed by atoms with van der Waals surface area (Å²) >= 11 is 1.61. The summed E-state index contributed by atoms with van der Waals surface area (Å²) in [5, 5.41) is 12.8. The van der Waals surface area contributed by atoms with Gasteiger partial charge in [0.05, 0.1) is 17.3 Å². The van der Waals surface area contributed by atoms with Crippen LogP contribution in [0.3, 0.4) is 0 Å². The molecular weight excluding hydrogens is 320 g/mol. The Kier molecular flexibility index (Phi) is 5.63. The second kappa shape index (κ2) is 7.90. The number of rotatable bonds is 7. The number of hydrogen-bond acceptors (Lipinski definition) is 4. The van der Waals surface area contributed by atoms with Crippen molar-refractivity contribution in [2.24, 2.45) is 5.92 Å². The Morgan fingerprint density at radius 3 is 2.75 bits per heavy atom.